The third-order valence-electron chi connectivity index (χ3n) is 3.25. The van der Waals surface area contributed by atoms with Crippen LogP contribution in [0.4, 0.5) is 0 Å². The Bertz CT molecular complexity index is 595. The molecule has 2 aromatic rings. The van der Waals surface area contributed by atoms with Gasteiger partial charge in [-0.25, -0.2) is 8.51 Å². The van der Waals surface area contributed by atoms with Gasteiger partial charge in [0.05, 0.1) is 4.90 Å². The van der Waals surface area contributed by atoms with Crippen LogP contribution < -0.4 is 0 Å². The van der Waals surface area contributed by atoms with E-state index in [0.29, 0.717) is 0 Å². The van der Waals surface area contributed by atoms with Crippen LogP contribution in [0.3, 0.4) is 0 Å². The van der Waals surface area contributed by atoms with Crippen LogP contribution in [-0.4, -0.2) is 8.51 Å². The SMILES string of the molecule is Cc1cccc2c1S(=O)N(Cc1ccccc1)C2. The summed E-state index contributed by atoms with van der Waals surface area (Å²) < 4.78 is 14.5. The molecule has 1 atom stereocenters. The number of rotatable bonds is 2. The van der Waals surface area contributed by atoms with Gasteiger partial charge in [-0.1, -0.05) is 48.5 Å². The molecule has 2 nitrogen and oxygen atoms in total. The lowest BCUT2D eigenvalue weighted by molar-refractivity contribution is 0.451. The predicted molar refractivity (Wildman–Crippen MR) is 73.3 cm³/mol. The topological polar surface area (TPSA) is 20.3 Å². The van der Waals surface area contributed by atoms with Crippen molar-refractivity contribution < 1.29 is 4.21 Å². The first-order valence-electron chi connectivity index (χ1n) is 6.05. The molecule has 0 spiro atoms. The van der Waals surface area contributed by atoms with Crippen LogP contribution in [0.15, 0.2) is 53.4 Å². The van der Waals surface area contributed by atoms with Crippen LogP contribution in [-0.2, 0) is 24.1 Å². The second-order valence-electron chi connectivity index (χ2n) is 4.60. The Morgan fingerprint density at radius 1 is 1.11 bits per heavy atom. The summed E-state index contributed by atoms with van der Waals surface area (Å²) >= 11 is 0. The zero-order valence-corrected chi connectivity index (χ0v) is 11.1. The summed E-state index contributed by atoms with van der Waals surface area (Å²) in [4.78, 5) is 1.01. The molecule has 0 fully saturated rings. The summed E-state index contributed by atoms with van der Waals surface area (Å²) in [6, 6.07) is 16.3. The summed E-state index contributed by atoms with van der Waals surface area (Å²) in [6.07, 6.45) is 0. The normalized spacial score (nSPS) is 18.8. The lowest BCUT2D eigenvalue weighted by Crippen LogP contribution is -2.18. The van der Waals surface area contributed by atoms with Crippen molar-refractivity contribution in [3.05, 3.63) is 65.2 Å². The Morgan fingerprint density at radius 3 is 2.61 bits per heavy atom. The Labute approximate surface area is 110 Å². The van der Waals surface area contributed by atoms with Gasteiger partial charge < -0.3 is 0 Å². The molecule has 0 radical (unpaired) electrons. The van der Waals surface area contributed by atoms with Crippen molar-refractivity contribution in [1.29, 1.82) is 0 Å². The molecule has 0 saturated heterocycles. The molecule has 0 bridgehead atoms. The summed E-state index contributed by atoms with van der Waals surface area (Å²) in [5, 5.41) is 0. The zero-order chi connectivity index (χ0) is 12.5. The minimum absolute atomic E-state index is 0.738. The second kappa shape index (κ2) is 4.67. The van der Waals surface area contributed by atoms with E-state index in [9.17, 15) is 4.21 Å². The molecule has 0 saturated carbocycles. The molecule has 1 unspecified atom stereocenters. The number of aryl methyl sites for hydroxylation is 1. The largest absolute Gasteiger partial charge is 0.237 e. The van der Waals surface area contributed by atoms with Crippen LogP contribution >= 0.6 is 0 Å². The van der Waals surface area contributed by atoms with E-state index >= 15 is 0 Å². The van der Waals surface area contributed by atoms with Gasteiger partial charge in [-0.05, 0) is 23.6 Å². The fourth-order valence-corrected chi connectivity index (χ4v) is 3.85. The summed E-state index contributed by atoms with van der Waals surface area (Å²) in [6.45, 7) is 3.54. The van der Waals surface area contributed by atoms with Crippen molar-refractivity contribution >= 4 is 11.0 Å². The number of hydrogen-bond acceptors (Lipinski definition) is 1. The van der Waals surface area contributed by atoms with E-state index in [1.807, 2.05) is 41.6 Å². The molecule has 0 amide bonds. The smallest absolute Gasteiger partial charge is 0.128 e. The molecule has 2 aromatic carbocycles. The molecule has 1 aliphatic heterocycles. The zero-order valence-electron chi connectivity index (χ0n) is 10.3. The lowest BCUT2D eigenvalue weighted by atomic mass is 10.1. The molecule has 0 aromatic heterocycles. The van der Waals surface area contributed by atoms with E-state index in [4.69, 9.17) is 0 Å². The van der Waals surface area contributed by atoms with Crippen molar-refractivity contribution in [2.24, 2.45) is 0 Å². The first-order valence-corrected chi connectivity index (χ1v) is 7.15. The summed E-state index contributed by atoms with van der Waals surface area (Å²) in [5.41, 5.74) is 3.53. The van der Waals surface area contributed by atoms with Crippen LogP contribution in [0.2, 0.25) is 0 Å². The molecule has 18 heavy (non-hydrogen) atoms. The average molecular weight is 257 g/mol. The predicted octanol–water partition coefficient (Wildman–Crippen LogP) is 3.03. The summed E-state index contributed by atoms with van der Waals surface area (Å²) in [7, 11) is -1.01. The maximum Gasteiger partial charge on any atom is 0.128 e. The van der Waals surface area contributed by atoms with Crippen molar-refractivity contribution in [2.45, 2.75) is 24.9 Å². The number of nitrogens with zero attached hydrogens (tertiary/aromatic N) is 1. The Kier molecular flexibility index (Phi) is 3.02. The third kappa shape index (κ3) is 2.00. The number of hydrogen-bond donors (Lipinski definition) is 0. The molecular formula is C15H15NOS. The Morgan fingerprint density at radius 2 is 1.89 bits per heavy atom. The fraction of sp³-hybridized carbons (Fsp3) is 0.200. The van der Waals surface area contributed by atoms with E-state index in [-0.39, 0.29) is 0 Å². The van der Waals surface area contributed by atoms with Crippen molar-refractivity contribution in [1.82, 2.24) is 4.31 Å². The molecule has 1 heterocycles. The van der Waals surface area contributed by atoms with Gasteiger partial charge in [0.1, 0.15) is 11.0 Å². The molecule has 92 valence electrons. The van der Waals surface area contributed by atoms with Gasteiger partial charge >= 0.3 is 0 Å². The molecule has 3 heteroatoms. The van der Waals surface area contributed by atoms with Gasteiger partial charge in [-0.15, -0.1) is 0 Å². The summed E-state index contributed by atoms with van der Waals surface area (Å²) in [5.74, 6) is 0. The minimum atomic E-state index is -1.01. The molecule has 0 N–H and O–H groups in total. The molecular weight excluding hydrogens is 242 g/mol. The quantitative estimate of drug-likeness (QED) is 0.810. The standard InChI is InChI=1S/C15H15NOS/c1-12-6-5-9-14-11-16(18(17)15(12)14)10-13-7-3-2-4-8-13/h2-9H,10-11H2,1H3. The van der Waals surface area contributed by atoms with Crippen LogP contribution in [0.25, 0.3) is 0 Å². The maximum absolute atomic E-state index is 12.5. The van der Waals surface area contributed by atoms with Gasteiger partial charge in [-0.2, -0.15) is 0 Å². The van der Waals surface area contributed by atoms with Crippen LogP contribution in [0.1, 0.15) is 16.7 Å². The van der Waals surface area contributed by atoms with Gasteiger partial charge in [0.15, 0.2) is 0 Å². The van der Waals surface area contributed by atoms with Gasteiger partial charge in [0.25, 0.3) is 0 Å². The molecule has 0 aliphatic carbocycles. The molecule has 1 aliphatic rings. The highest BCUT2D eigenvalue weighted by Gasteiger charge is 2.27. The van der Waals surface area contributed by atoms with E-state index in [1.54, 1.807) is 0 Å². The van der Waals surface area contributed by atoms with Crippen molar-refractivity contribution in [3.63, 3.8) is 0 Å². The Balaban J connectivity index is 1.87. The van der Waals surface area contributed by atoms with E-state index in [2.05, 4.69) is 18.2 Å². The first kappa shape index (κ1) is 11.6. The van der Waals surface area contributed by atoms with Gasteiger partial charge in [0.2, 0.25) is 0 Å². The van der Waals surface area contributed by atoms with Crippen molar-refractivity contribution in [2.75, 3.05) is 0 Å². The first-order chi connectivity index (χ1) is 8.75. The minimum Gasteiger partial charge on any atom is -0.237 e. The number of benzene rings is 2. The monoisotopic (exact) mass is 257 g/mol. The highest BCUT2D eigenvalue weighted by atomic mass is 32.2. The lowest BCUT2D eigenvalue weighted by Gasteiger charge is -2.13. The maximum atomic E-state index is 12.5. The Hall–Kier alpha value is -1.45. The second-order valence-corrected chi connectivity index (χ2v) is 6.02. The van der Waals surface area contributed by atoms with E-state index in [1.165, 1.54) is 11.1 Å². The fourth-order valence-electron chi connectivity index (χ4n) is 2.37. The number of fused-ring (bicyclic) bond motifs is 1. The van der Waals surface area contributed by atoms with Crippen LogP contribution in [0.5, 0.6) is 0 Å². The van der Waals surface area contributed by atoms with Gasteiger partial charge in [-0.3, -0.25) is 0 Å². The third-order valence-corrected chi connectivity index (χ3v) is 4.91. The van der Waals surface area contributed by atoms with E-state index in [0.717, 1.165) is 23.5 Å². The highest BCUT2D eigenvalue weighted by Crippen LogP contribution is 2.30. The van der Waals surface area contributed by atoms with E-state index < -0.39 is 11.0 Å². The van der Waals surface area contributed by atoms with Crippen molar-refractivity contribution in [3.8, 4) is 0 Å². The van der Waals surface area contributed by atoms with Gasteiger partial charge in [0, 0.05) is 13.1 Å². The highest BCUT2D eigenvalue weighted by molar-refractivity contribution is 7.83. The van der Waals surface area contributed by atoms with Crippen LogP contribution in [0, 0.1) is 6.92 Å². The molecule has 3 rings (SSSR count). The average Bonchev–Trinajstić information content (AvgIpc) is 2.69.